The normalized spacial score (nSPS) is 30.2. The SMILES string of the molecule is CC(C)(C)OC(=O)[C@H]1N=CO[C@@H]1[C@@]1(C)COC(C)(C)N1C(=O)OC(C)(C)C. The molecule has 8 nitrogen and oxygen atoms in total. The van der Waals surface area contributed by atoms with Gasteiger partial charge in [0.1, 0.15) is 22.5 Å². The van der Waals surface area contributed by atoms with Crippen molar-refractivity contribution in [2.24, 2.45) is 4.99 Å². The fraction of sp³-hybridized carbons (Fsp3) is 0.842. The first kappa shape index (κ1) is 21.5. The molecule has 0 aromatic heterocycles. The summed E-state index contributed by atoms with van der Waals surface area (Å²) in [5.41, 5.74) is -3.23. The number of nitrogens with zero attached hydrogens (tertiary/aromatic N) is 2. The zero-order valence-electron chi connectivity index (χ0n) is 17.8. The summed E-state index contributed by atoms with van der Waals surface area (Å²) in [6, 6.07) is -0.892. The molecule has 1 fully saturated rings. The number of rotatable bonds is 2. The predicted octanol–water partition coefficient (Wildman–Crippen LogP) is 2.89. The Hall–Kier alpha value is -1.83. The van der Waals surface area contributed by atoms with E-state index in [4.69, 9.17) is 18.9 Å². The summed E-state index contributed by atoms with van der Waals surface area (Å²) in [4.78, 5) is 31.3. The van der Waals surface area contributed by atoms with Crippen LogP contribution in [0, 0.1) is 0 Å². The summed E-state index contributed by atoms with van der Waals surface area (Å²) in [6.07, 6.45) is -0.0455. The van der Waals surface area contributed by atoms with Crippen LogP contribution >= 0.6 is 0 Å². The fourth-order valence-electron chi connectivity index (χ4n) is 3.36. The highest BCUT2D eigenvalue weighted by Gasteiger charge is 2.61. The van der Waals surface area contributed by atoms with Gasteiger partial charge in [0.2, 0.25) is 0 Å². The van der Waals surface area contributed by atoms with Crippen molar-refractivity contribution in [2.45, 2.75) is 96.9 Å². The molecule has 2 aliphatic rings. The molecule has 0 saturated carbocycles. The number of carbonyl (C=O) groups is 2. The number of carbonyl (C=O) groups excluding carboxylic acids is 2. The van der Waals surface area contributed by atoms with E-state index in [1.807, 2.05) is 6.92 Å². The lowest BCUT2D eigenvalue weighted by molar-refractivity contribution is -0.160. The van der Waals surface area contributed by atoms with Gasteiger partial charge in [0.25, 0.3) is 0 Å². The van der Waals surface area contributed by atoms with E-state index < -0.39 is 46.7 Å². The van der Waals surface area contributed by atoms with Gasteiger partial charge < -0.3 is 18.9 Å². The molecule has 0 aliphatic carbocycles. The Morgan fingerprint density at radius 2 is 1.63 bits per heavy atom. The molecule has 3 atom stereocenters. The summed E-state index contributed by atoms with van der Waals surface area (Å²) in [5, 5.41) is 0. The minimum Gasteiger partial charge on any atom is -0.475 e. The fourth-order valence-corrected chi connectivity index (χ4v) is 3.36. The molecule has 2 rings (SSSR count). The molecule has 1 amide bonds. The van der Waals surface area contributed by atoms with Crippen LogP contribution in [0.3, 0.4) is 0 Å². The minimum atomic E-state index is -0.968. The molecule has 0 N–H and O–H groups in total. The molecule has 0 unspecified atom stereocenters. The number of amides is 1. The third-order valence-corrected chi connectivity index (χ3v) is 4.32. The van der Waals surface area contributed by atoms with E-state index in [2.05, 4.69) is 4.99 Å². The second-order valence-electron chi connectivity index (χ2n) is 9.70. The predicted molar refractivity (Wildman–Crippen MR) is 99.5 cm³/mol. The maximum atomic E-state index is 13.0. The van der Waals surface area contributed by atoms with E-state index in [9.17, 15) is 9.59 Å². The van der Waals surface area contributed by atoms with Crippen molar-refractivity contribution in [2.75, 3.05) is 6.61 Å². The van der Waals surface area contributed by atoms with Gasteiger partial charge in [-0.25, -0.2) is 14.6 Å². The third kappa shape index (κ3) is 4.54. The number of hydrogen-bond acceptors (Lipinski definition) is 7. The van der Waals surface area contributed by atoms with Crippen molar-refractivity contribution in [1.82, 2.24) is 4.90 Å². The van der Waals surface area contributed by atoms with E-state index in [0.717, 1.165) is 0 Å². The summed E-state index contributed by atoms with van der Waals surface area (Å²) in [5.74, 6) is -0.503. The van der Waals surface area contributed by atoms with Crippen molar-refractivity contribution in [3.63, 3.8) is 0 Å². The first-order valence-electron chi connectivity index (χ1n) is 9.14. The molecular weight excluding hydrogens is 352 g/mol. The van der Waals surface area contributed by atoms with Gasteiger partial charge >= 0.3 is 12.1 Å². The van der Waals surface area contributed by atoms with Crippen molar-refractivity contribution >= 4 is 18.5 Å². The van der Waals surface area contributed by atoms with E-state index in [0.29, 0.717) is 0 Å². The lowest BCUT2D eigenvalue weighted by Crippen LogP contribution is -2.63. The summed E-state index contributed by atoms with van der Waals surface area (Å²) >= 11 is 0. The van der Waals surface area contributed by atoms with E-state index in [1.54, 1.807) is 55.4 Å². The second kappa shape index (κ2) is 6.65. The average Bonchev–Trinajstić information content (AvgIpc) is 2.99. The zero-order chi connectivity index (χ0) is 20.8. The number of ether oxygens (including phenoxy) is 4. The van der Waals surface area contributed by atoms with Crippen molar-refractivity contribution < 1.29 is 28.5 Å². The second-order valence-corrected chi connectivity index (χ2v) is 9.70. The molecule has 2 aliphatic heterocycles. The van der Waals surface area contributed by atoms with Crippen LogP contribution in [-0.2, 0) is 23.7 Å². The van der Waals surface area contributed by atoms with Gasteiger partial charge in [0, 0.05) is 0 Å². The summed E-state index contributed by atoms with van der Waals surface area (Å²) in [6.45, 7) is 16.3. The molecular formula is C19H32N2O6. The molecule has 0 bridgehead atoms. The number of aliphatic imine (C=N–C) groups is 1. The van der Waals surface area contributed by atoms with Crippen molar-refractivity contribution in [3.8, 4) is 0 Å². The monoisotopic (exact) mass is 384 g/mol. The molecule has 0 radical (unpaired) electrons. The minimum absolute atomic E-state index is 0.173. The quantitative estimate of drug-likeness (QED) is 0.681. The average molecular weight is 384 g/mol. The lowest BCUT2D eigenvalue weighted by atomic mass is 9.88. The van der Waals surface area contributed by atoms with Crippen LogP contribution in [0.15, 0.2) is 4.99 Å². The highest BCUT2D eigenvalue weighted by molar-refractivity contribution is 5.81. The molecule has 1 saturated heterocycles. The Balaban J connectivity index is 2.33. The smallest absolute Gasteiger partial charge is 0.413 e. The third-order valence-electron chi connectivity index (χ3n) is 4.32. The molecule has 8 heteroatoms. The Morgan fingerprint density at radius 3 is 2.15 bits per heavy atom. The van der Waals surface area contributed by atoms with Gasteiger partial charge in [-0.1, -0.05) is 0 Å². The van der Waals surface area contributed by atoms with E-state index in [1.165, 1.54) is 11.3 Å². The Bertz CT molecular complexity index is 631. The molecule has 0 aromatic carbocycles. The van der Waals surface area contributed by atoms with Crippen LogP contribution in [0.4, 0.5) is 4.79 Å². The molecule has 2 heterocycles. The van der Waals surface area contributed by atoms with Crippen LogP contribution in [-0.4, -0.2) is 64.6 Å². The topological polar surface area (TPSA) is 86.7 Å². The standard InChI is InChI=1S/C19H32N2O6/c1-16(2,3)26-14(22)12-13(24-11-20-12)19(9)10-25-18(7,8)21(19)15(23)27-17(4,5)6/h11-13H,10H2,1-9H3/t12-,13-,19+/m0/s1. The summed E-state index contributed by atoms with van der Waals surface area (Å²) in [7, 11) is 0. The Morgan fingerprint density at radius 1 is 1.07 bits per heavy atom. The largest absolute Gasteiger partial charge is 0.475 e. The van der Waals surface area contributed by atoms with Crippen LogP contribution in [0.5, 0.6) is 0 Å². The molecule has 154 valence electrons. The first-order chi connectivity index (χ1) is 12.1. The van der Waals surface area contributed by atoms with Gasteiger partial charge in [-0.2, -0.15) is 0 Å². The van der Waals surface area contributed by atoms with Gasteiger partial charge in [-0.3, -0.25) is 4.90 Å². The van der Waals surface area contributed by atoms with Crippen LogP contribution < -0.4 is 0 Å². The molecule has 0 spiro atoms. The van der Waals surface area contributed by atoms with Gasteiger partial charge in [-0.05, 0) is 62.3 Å². The molecule has 27 heavy (non-hydrogen) atoms. The molecule has 0 aromatic rings. The van der Waals surface area contributed by atoms with Gasteiger partial charge in [-0.15, -0.1) is 0 Å². The highest BCUT2D eigenvalue weighted by Crippen LogP contribution is 2.41. The van der Waals surface area contributed by atoms with Crippen molar-refractivity contribution in [1.29, 1.82) is 0 Å². The van der Waals surface area contributed by atoms with Crippen molar-refractivity contribution in [3.05, 3.63) is 0 Å². The maximum absolute atomic E-state index is 13.0. The highest BCUT2D eigenvalue weighted by atomic mass is 16.6. The van der Waals surface area contributed by atoms with Gasteiger partial charge in [0.15, 0.2) is 18.5 Å². The lowest BCUT2D eigenvalue weighted by Gasteiger charge is -2.43. The number of hydrogen-bond donors (Lipinski definition) is 0. The number of esters is 1. The Labute approximate surface area is 161 Å². The van der Waals surface area contributed by atoms with E-state index in [-0.39, 0.29) is 6.61 Å². The zero-order valence-corrected chi connectivity index (χ0v) is 17.8. The van der Waals surface area contributed by atoms with Gasteiger partial charge in [0.05, 0.1) is 6.61 Å². The Kier molecular flexibility index (Phi) is 5.29. The van der Waals surface area contributed by atoms with Crippen LogP contribution in [0.25, 0.3) is 0 Å². The van der Waals surface area contributed by atoms with E-state index >= 15 is 0 Å². The van der Waals surface area contributed by atoms with Crippen LogP contribution in [0.1, 0.15) is 62.3 Å². The van der Waals surface area contributed by atoms with Crippen LogP contribution in [0.2, 0.25) is 0 Å². The first-order valence-corrected chi connectivity index (χ1v) is 9.14. The summed E-state index contributed by atoms with van der Waals surface area (Å²) < 4.78 is 22.6. The maximum Gasteiger partial charge on any atom is 0.413 e.